The number of fused-ring (bicyclic) bond motifs is 1. The van der Waals surface area contributed by atoms with Crippen LogP contribution in [0.2, 0.25) is 0 Å². The largest absolute Gasteiger partial charge is 0.478 e. The molecule has 1 N–H and O–H groups in total. The van der Waals surface area contributed by atoms with Gasteiger partial charge in [0.2, 0.25) is 0 Å². The Morgan fingerprint density at radius 3 is 2.53 bits per heavy atom. The van der Waals surface area contributed by atoms with E-state index < -0.39 is 5.97 Å². The first-order chi connectivity index (χ1) is 8.20. The molecule has 2 rings (SSSR count). The van der Waals surface area contributed by atoms with Crippen LogP contribution in [-0.2, 0) is 4.79 Å². The summed E-state index contributed by atoms with van der Waals surface area (Å²) in [6.45, 7) is 1.85. The van der Waals surface area contributed by atoms with Crippen molar-refractivity contribution < 1.29 is 9.90 Å². The van der Waals surface area contributed by atoms with E-state index in [9.17, 15) is 4.79 Å². The third-order valence-electron chi connectivity index (χ3n) is 2.77. The number of benzene rings is 2. The average molecular weight is 226 g/mol. The van der Waals surface area contributed by atoms with Gasteiger partial charge in [0, 0.05) is 5.57 Å². The summed E-state index contributed by atoms with van der Waals surface area (Å²) in [6.07, 6.45) is 2.26. The zero-order valence-corrected chi connectivity index (χ0v) is 9.68. The molecule has 2 nitrogen and oxygen atoms in total. The van der Waals surface area contributed by atoms with Gasteiger partial charge in [-0.05, 0) is 34.9 Å². The monoisotopic (exact) mass is 226 g/mol. The fourth-order valence-electron chi connectivity index (χ4n) is 1.81. The molecule has 86 valence electrons. The lowest BCUT2D eigenvalue weighted by molar-refractivity contribution is -0.132. The summed E-state index contributed by atoms with van der Waals surface area (Å²) in [4.78, 5) is 10.9. The smallest absolute Gasteiger partial charge is 0.331 e. The number of carboxylic acid groups (broad SMARTS) is 1. The SMILES string of the molecule is CCC(=Cc1ccc2ccccc2c1)C(=O)O. The van der Waals surface area contributed by atoms with E-state index in [0.717, 1.165) is 16.3 Å². The molecule has 0 bridgehead atoms. The van der Waals surface area contributed by atoms with Crippen molar-refractivity contribution in [2.75, 3.05) is 0 Å². The van der Waals surface area contributed by atoms with Crippen molar-refractivity contribution in [2.45, 2.75) is 13.3 Å². The van der Waals surface area contributed by atoms with Gasteiger partial charge in [-0.1, -0.05) is 43.3 Å². The van der Waals surface area contributed by atoms with Gasteiger partial charge in [-0.2, -0.15) is 0 Å². The van der Waals surface area contributed by atoms with Gasteiger partial charge < -0.3 is 5.11 Å². The summed E-state index contributed by atoms with van der Waals surface area (Å²) < 4.78 is 0. The zero-order valence-electron chi connectivity index (χ0n) is 9.68. The molecule has 0 atom stereocenters. The molecule has 0 aliphatic carbocycles. The van der Waals surface area contributed by atoms with Gasteiger partial charge in [0.1, 0.15) is 0 Å². The van der Waals surface area contributed by atoms with E-state index in [1.54, 1.807) is 6.08 Å². The summed E-state index contributed by atoms with van der Waals surface area (Å²) in [7, 11) is 0. The maximum atomic E-state index is 10.9. The molecule has 2 aromatic rings. The maximum absolute atomic E-state index is 10.9. The van der Waals surface area contributed by atoms with Crippen molar-refractivity contribution in [3.05, 3.63) is 53.6 Å². The van der Waals surface area contributed by atoms with E-state index in [-0.39, 0.29) is 0 Å². The molecule has 0 saturated carbocycles. The van der Waals surface area contributed by atoms with Crippen LogP contribution in [0.3, 0.4) is 0 Å². The molecule has 0 spiro atoms. The number of rotatable bonds is 3. The van der Waals surface area contributed by atoms with E-state index in [1.807, 2.05) is 49.4 Å². The van der Waals surface area contributed by atoms with Crippen LogP contribution in [0.25, 0.3) is 16.8 Å². The summed E-state index contributed by atoms with van der Waals surface area (Å²) in [6, 6.07) is 14.0. The fourth-order valence-corrected chi connectivity index (χ4v) is 1.81. The van der Waals surface area contributed by atoms with Crippen LogP contribution in [0.1, 0.15) is 18.9 Å². The van der Waals surface area contributed by atoms with Crippen molar-refractivity contribution in [1.29, 1.82) is 0 Å². The highest BCUT2D eigenvalue weighted by molar-refractivity contribution is 5.93. The van der Waals surface area contributed by atoms with Gasteiger partial charge in [-0.15, -0.1) is 0 Å². The van der Waals surface area contributed by atoms with Gasteiger partial charge in [-0.3, -0.25) is 0 Å². The lowest BCUT2D eigenvalue weighted by atomic mass is 10.0. The number of carboxylic acids is 1. The van der Waals surface area contributed by atoms with Crippen molar-refractivity contribution in [3.8, 4) is 0 Å². The molecule has 0 aromatic heterocycles. The molecular formula is C15H14O2. The lowest BCUT2D eigenvalue weighted by Gasteiger charge is -2.01. The van der Waals surface area contributed by atoms with E-state index in [2.05, 4.69) is 0 Å². The number of aliphatic carboxylic acids is 1. The van der Waals surface area contributed by atoms with Crippen LogP contribution in [0.5, 0.6) is 0 Å². The van der Waals surface area contributed by atoms with E-state index in [1.165, 1.54) is 0 Å². The first-order valence-corrected chi connectivity index (χ1v) is 5.63. The van der Waals surface area contributed by atoms with Crippen molar-refractivity contribution in [3.63, 3.8) is 0 Å². The van der Waals surface area contributed by atoms with Gasteiger partial charge >= 0.3 is 5.97 Å². The van der Waals surface area contributed by atoms with Gasteiger partial charge in [-0.25, -0.2) is 4.79 Å². The van der Waals surface area contributed by atoms with E-state index >= 15 is 0 Å². The molecule has 0 saturated heterocycles. The van der Waals surface area contributed by atoms with Crippen molar-refractivity contribution in [2.24, 2.45) is 0 Å². The summed E-state index contributed by atoms with van der Waals surface area (Å²) in [5, 5.41) is 11.3. The Bertz CT molecular complexity index is 582. The quantitative estimate of drug-likeness (QED) is 0.810. The summed E-state index contributed by atoms with van der Waals surface area (Å²) >= 11 is 0. The van der Waals surface area contributed by atoms with Crippen LogP contribution in [0.4, 0.5) is 0 Å². The Morgan fingerprint density at radius 2 is 1.88 bits per heavy atom. The van der Waals surface area contributed by atoms with Crippen LogP contribution >= 0.6 is 0 Å². The molecule has 0 heterocycles. The first-order valence-electron chi connectivity index (χ1n) is 5.63. The van der Waals surface area contributed by atoms with E-state index in [0.29, 0.717) is 12.0 Å². The Kier molecular flexibility index (Phi) is 3.24. The predicted molar refractivity (Wildman–Crippen MR) is 69.9 cm³/mol. The maximum Gasteiger partial charge on any atom is 0.331 e. The lowest BCUT2D eigenvalue weighted by Crippen LogP contribution is -1.98. The molecule has 0 unspecified atom stereocenters. The van der Waals surface area contributed by atoms with E-state index in [4.69, 9.17) is 5.11 Å². The van der Waals surface area contributed by atoms with Gasteiger partial charge in [0.05, 0.1) is 0 Å². The minimum atomic E-state index is -0.847. The molecule has 0 aliphatic rings. The molecule has 0 fully saturated rings. The standard InChI is InChI=1S/C15H14O2/c1-2-12(15(16)17)9-11-7-8-13-5-3-4-6-14(13)10-11/h3-10H,2H2,1H3,(H,16,17). The number of hydrogen-bond donors (Lipinski definition) is 1. The predicted octanol–water partition coefficient (Wildman–Crippen LogP) is 3.72. The number of hydrogen-bond acceptors (Lipinski definition) is 1. The molecule has 0 aliphatic heterocycles. The Morgan fingerprint density at radius 1 is 1.18 bits per heavy atom. The van der Waals surface area contributed by atoms with Gasteiger partial charge in [0.15, 0.2) is 0 Å². The topological polar surface area (TPSA) is 37.3 Å². The molecular weight excluding hydrogens is 212 g/mol. The van der Waals surface area contributed by atoms with Crippen LogP contribution in [0, 0.1) is 0 Å². The Balaban J connectivity index is 2.46. The molecule has 0 amide bonds. The first kappa shape index (κ1) is 11.4. The fraction of sp³-hybridized carbons (Fsp3) is 0.133. The van der Waals surface area contributed by atoms with Crippen molar-refractivity contribution >= 4 is 22.8 Å². The molecule has 17 heavy (non-hydrogen) atoms. The molecule has 2 heteroatoms. The second-order valence-electron chi connectivity index (χ2n) is 3.93. The number of carbonyl (C=O) groups is 1. The normalized spacial score (nSPS) is 11.7. The average Bonchev–Trinajstić information content (AvgIpc) is 2.35. The minimum Gasteiger partial charge on any atom is -0.478 e. The summed E-state index contributed by atoms with van der Waals surface area (Å²) in [5.74, 6) is -0.847. The van der Waals surface area contributed by atoms with Crippen LogP contribution in [0.15, 0.2) is 48.0 Å². The highest BCUT2D eigenvalue weighted by Crippen LogP contribution is 2.18. The van der Waals surface area contributed by atoms with Crippen molar-refractivity contribution in [1.82, 2.24) is 0 Å². The Labute approximate surface area is 100 Å². The zero-order chi connectivity index (χ0) is 12.3. The summed E-state index contributed by atoms with van der Waals surface area (Å²) in [5.41, 5.74) is 1.36. The van der Waals surface area contributed by atoms with Crippen LogP contribution < -0.4 is 0 Å². The third kappa shape index (κ3) is 2.53. The highest BCUT2D eigenvalue weighted by Gasteiger charge is 2.04. The van der Waals surface area contributed by atoms with Gasteiger partial charge in [0.25, 0.3) is 0 Å². The minimum absolute atomic E-state index is 0.431. The second kappa shape index (κ2) is 4.83. The highest BCUT2D eigenvalue weighted by atomic mass is 16.4. The molecule has 2 aromatic carbocycles. The second-order valence-corrected chi connectivity index (χ2v) is 3.93. The van der Waals surface area contributed by atoms with Crippen LogP contribution in [-0.4, -0.2) is 11.1 Å². The third-order valence-corrected chi connectivity index (χ3v) is 2.77. The Hall–Kier alpha value is -2.09. The molecule has 0 radical (unpaired) electrons.